The topological polar surface area (TPSA) is 85.5 Å². The smallest absolute Gasteiger partial charge is 0.246 e. The van der Waals surface area contributed by atoms with Gasteiger partial charge in [-0.2, -0.15) is 4.31 Å². The highest BCUT2D eigenvalue weighted by Gasteiger charge is 2.40. The molecule has 8 heteroatoms. The minimum atomic E-state index is -3.41. The second-order valence-electron chi connectivity index (χ2n) is 6.45. The molecule has 1 aromatic heterocycles. The first-order chi connectivity index (χ1) is 12.1. The Morgan fingerprint density at radius 2 is 1.92 bits per heavy atom. The Kier molecular flexibility index (Phi) is 4.35. The first-order valence-corrected chi connectivity index (χ1v) is 10.1. The van der Waals surface area contributed by atoms with Gasteiger partial charge in [0.2, 0.25) is 21.8 Å². The minimum Gasteiger partial charge on any atom is -0.422 e. The molecule has 134 valence electrons. The molecule has 4 rings (SSSR count). The van der Waals surface area contributed by atoms with Crippen LogP contribution in [-0.4, -0.2) is 47.9 Å². The third kappa shape index (κ3) is 3.09. The second kappa shape index (κ2) is 6.51. The lowest BCUT2D eigenvalue weighted by Crippen LogP contribution is -2.46. The molecule has 0 saturated carbocycles. The Hall–Kier alpha value is -1.77. The Balaban J connectivity index is 1.51. The summed E-state index contributed by atoms with van der Waals surface area (Å²) < 4.78 is 38.9. The zero-order valence-electron chi connectivity index (χ0n) is 14.1. The quantitative estimate of drug-likeness (QED) is 0.818. The van der Waals surface area contributed by atoms with Gasteiger partial charge >= 0.3 is 0 Å². The van der Waals surface area contributed by atoms with Gasteiger partial charge in [-0.1, -0.05) is 31.2 Å². The number of fused-ring (bicyclic) bond motifs is 1. The Morgan fingerprint density at radius 1 is 1.20 bits per heavy atom. The van der Waals surface area contributed by atoms with Crippen LogP contribution in [0.3, 0.4) is 0 Å². The molecule has 2 heterocycles. The second-order valence-corrected chi connectivity index (χ2v) is 8.66. The van der Waals surface area contributed by atoms with Crippen molar-refractivity contribution in [3.63, 3.8) is 0 Å². The number of nitrogens with zero attached hydrogens (tertiary/aromatic N) is 3. The predicted molar refractivity (Wildman–Crippen MR) is 90.5 cm³/mol. The molecule has 1 aromatic carbocycles. The number of morpholine rings is 1. The average Bonchev–Trinajstić information content (AvgIpc) is 3.29. The SMILES string of the molecule is CCc1nnc(C2CN(S(=O)(=O)C3Cc4ccccc4C3)CCO2)o1. The molecule has 1 aliphatic carbocycles. The molecule has 7 nitrogen and oxygen atoms in total. The maximum Gasteiger partial charge on any atom is 0.246 e. The summed E-state index contributed by atoms with van der Waals surface area (Å²) >= 11 is 0. The van der Waals surface area contributed by atoms with E-state index in [0.29, 0.717) is 44.2 Å². The van der Waals surface area contributed by atoms with Gasteiger partial charge in [0, 0.05) is 19.5 Å². The number of rotatable bonds is 4. The van der Waals surface area contributed by atoms with Gasteiger partial charge in [0.05, 0.1) is 11.9 Å². The van der Waals surface area contributed by atoms with Crippen molar-refractivity contribution in [3.8, 4) is 0 Å². The minimum absolute atomic E-state index is 0.223. The van der Waals surface area contributed by atoms with E-state index >= 15 is 0 Å². The van der Waals surface area contributed by atoms with E-state index in [9.17, 15) is 8.42 Å². The number of hydrogen-bond acceptors (Lipinski definition) is 6. The lowest BCUT2D eigenvalue weighted by Gasteiger charge is -2.32. The van der Waals surface area contributed by atoms with Crippen LogP contribution >= 0.6 is 0 Å². The van der Waals surface area contributed by atoms with Gasteiger partial charge in [-0.25, -0.2) is 8.42 Å². The van der Waals surface area contributed by atoms with E-state index in [4.69, 9.17) is 9.15 Å². The van der Waals surface area contributed by atoms with Crippen LogP contribution in [0.5, 0.6) is 0 Å². The molecule has 0 N–H and O–H groups in total. The number of aryl methyl sites for hydroxylation is 1. The zero-order chi connectivity index (χ0) is 17.4. The van der Waals surface area contributed by atoms with E-state index < -0.39 is 21.4 Å². The molecule has 1 aliphatic heterocycles. The lowest BCUT2D eigenvalue weighted by atomic mass is 10.1. The highest BCUT2D eigenvalue weighted by molar-refractivity contribution is 7.89. The fraction of sp³-hybridized carbons (Fsp3) is 0.529. The molecule has 2 aromatic rings. The van der Waals surface area contributed by atoms with Crippen LogP contribution in [0.4, 0.5) is 0 Å². The van der Waals surface area contributed by atoms with E-state index in [1.54, 1.807) is 0 Å². The molecule has 0 bridgehead atoms. The van der Waals surface area contributed by atoms with Gasteiger partial charge < -0.3 is 9.15 Å². The van der Waals surface area contributed by atoms with Crippen LogP contribution in [-0.2, 0) is 34.0 Å². The summed E-state index contributed by atoms with van der Waals surface area (Å²) in [6, 6.07) is 7.94. The summed E-state index contributed by atoms with van der Waals surface area (Å²) in [5.74, 6) is 0.885. The van der Waals surface area contributed by atoms with Gasteiger partial charge in [-0.15, -0.1) is 10.2 Å². The summed E-state index contributed by atoms with van der Waals surface area (Å²) in [7, 11) is -3.41. The van der Waals surface area contributed by atoms with Gasteiger partial charge in [0.25, 0.3) is 0 Å². The van der Waals surface area contributed by atoms with Gasteiger partial charge in [0.1, 0.15) is 6.10 Å². The summed E-state index contributed by atoms with van der Waals surface area (Å²) in [6.45, 7) is 2.84. The third-order valence-corrected chi connectivity index (χ3v) is 7.11. The van der Waals surface area contributed by atoms with Crippen LogP contribution in [0.2, 0.25) is 0 Å². The lowest BCUT2D eigenvalue weighted by molar-refractivity contribution is -0.0180. The van der Waals surface area contributed by atoms with Gasteiger partial charge in [-0.3, -0.25) is 0 Å². The fourth-order valence-corrected chi connectivity index (χ4v) is 5.36. The molecule has 1 saturated heterocycles. The van der Waals surface area contributed by atoms with Gasteiger partial charge in [-0.05, 0) is 24.0 Å². The van der Waals surface area contributed by atoms with E-state index in [2.05, 4.69) is 10.2 Å². The van der Waals surface area contributed by atoms with Crippen molar-refractivity contribution < 1.29 is 17.6 Å². The Bertz CT molecular complexity index is 839. The molecule has 0 spiro atoms. The number of hydrogen-bond donors (Lipinski definition) is 0. The summed E-state index contributed by atoms with van der Waals surface area (Å²) in [5.41, 5.74) is 2.26. The van der Waals surface area contributed by atoms with E-state index in [0.717, 1.165) is 11.1 Å². The van der Waals surface area contributed by atoms with E-state index in [1.807, 2.05) is 31.2 Å². The molecule has 0 amide bonds. The standard InChI is InChI=1S/C17H21N3O4S/c1-2-16-18-19-17(24-16)15-11-20(7-8-23-15)25(21,22)14-9-12-5-3-4-6-13(12)10-14/h3-6,14-15H,2,7-11H2,1H3. The summed E-state index contributed by atoms with van der Waals surface area (Å²) in [4.78, 5) is 0. The van der Waals surface area contributed by atoms with E-state index in [-0.39, 0.29) is 6.54 Å². The molecule has 25 heavy (non-hydrogen) atoms. The van der Waals surface area contributed by atoms with Crippen LogP contribution in [0.1, 0.15) is 35.9 Å². The maximum atomic E-state index is 13.1. The first kappa shape index (κ1) is 16.7. The van der Waals surface area contributed by atoms with Crippen LogP contribution in [0.25, 0.3) is 0 Å². The van der Waals surface area contributed by atoms with Crippen molar-refractivity contribution in [1.29, 1.82) is 0 Å². The fourth-order valence-electron chi connectivity index (χ4n) is 3.49. The Morgan fingerprint density at radius 3 is 2.56 bits per heavy atom. The normalized spacial score (nSPS) is 22.2. The number of benzene rings is 1. The van der Waals surface area contributed by atoms with Gasteiger partial charge in [0.15, 0.2) is 0 Å². The summed E-state index contributed by atoms with van der Waals surface area (Å²) in [5, 5.41) is 7.53. The van der Waals surface area contributed by atoms with Crippen molar-refractivity contribution in [2.24, 2.45) is 0 Å². The van der Waals surface area contributed by atoms with Crippen molar-refractivity contribution in [3.05, 3.63) is 47.2 Å². The molecule has 1 atom stereocenters. The number of sulfonamides is 1. The molecule has 1 unspecified atom stereocenters. The predicted octanol–water partition coefficient (Wildman–Crippen LogP) is 1.50. The number of aromatic nitrogens is 2. The van der Waals surface area contributed by atoms with E-state index in [1.165, 1.54) is 4.31 Å². The van der Waals surface area contributed by atoms with Crippen LogP contribution in [0, 0.1) is 0 Å². The van der Waals surface area contributed by atoms with Crippen molar-refractivity contribution in [2.75, 3.05) is 19.7 Å². The van der Waals surface area contributed by atoms with Crippen molar-refractivity contribution >= 4 is 10.0 Å². The van der Waals surface area contributed by atoms with Crippen molar-refractivity contribution in [2.45, 2.75) is 37.5 Å². The molecule has 1 fully saturated rings. The highest BCUT2D eigenvalue weighted by atomic mass is 32.2. The molecular formula is C17H21N3O4S. The Labute approximate surface area is 147 Å². The largest absolute Gasteiger partial charge is 0.422 e. The van der Waals surface area contributed by atoms with Crippen LogP contribution in [0.15, 0.2) is 28.7 Å². The van der Waals surface area contributed by atoms with Crippen molar-refractivity contribution in [1.82, 2.24) is 14.5 Å². The molecular weight excluding hydrogens is 342 g/mol. The summed E-state index contributed by atoms with van der Waals surface area (Å²) in [6.07, 6.45) is 1.28. The molecule has 2 aliphatic rings. The third-order valence-electron chi connectivity index (χ3n) is 4.88. The maximum absolute atomic E-state index is 13.1. The molecule has 0 radical (unpaired) electrons. The first-order valence-electron chi connectivity index (χ1n) is 8.57. The average molecular weight is 363 g/mol. The zero-order valence-corrected chi connectivity index (χ0v) is 14.9. The highest BCUT2D eigenvalue weighted by Crippen LogP contribution is 2.31. The monoisotopic (exact) mass is 363 g/mol. The number of ether oxygens (including phenoxy) is 1. The van der Waals surface area contributed by atoms with Crippen LogP contribution < -0.4 is 0 Å².